The highest BCUT2D eigenvalue weighted by molar-refractivity contribution is 7.89. The molecule has 0 saturated carbocycles. The van der Waals surface area contributed by atoms with Crippen LogP contribution < -0.4 is 5.32 Å². The second-order valence-electron chi connectivity index (χ2n) is 8.17. The summed E-state index contributed by atoms with van der Waals surface area (Å²) in [5, 5.41) is 2.96. The van der Waals surface area contributed by atoms with Gasteiger partial charge in [-0.25, -0.2) is 12.8 Å². The summed E-state index contributed by atoms with van der Waals surface area (Å²) in [6.07, 6.45) is 0. The van der Waals surface area contributed by atoms with Gasteiger partial charge in [-0.2, -0.15) is 4.31 Å². The molecule has 168 valence electrons. The monoisotopic (exact) mass is 447 g/mol. The van der Waals surface area contributed by atoms with Gasteiger partial charge in [-0.15, -0.1) is 0 Å². The quantitative estimate of drug-likeness (QED) is 0.739. The Morgan fingerprint density at radius 2 is 1.61 bits per heavy atom. The number of benzene rings is 2. The van der Waals surface area contributed by atoms with Gasteiger partial charge in [0.1, 0.15) is 5.82 Å². The van der Waals surface area contributed by atoms with Crippen molar-refractivity contribution in [2.75, 3.05) is 26.2 Å². The summed E-state index contributed by atoms with van der Waals surface area (Å²) < 4.78 is 40.8. The molecule has 1 heterocycles. The first-order chi connectivity index (χ1) is 14.6. The molecule has 0 aromatic heterocycles. The van der Waals surface area contributed by atoms with Crippen LogP contribution in [0, 0.1) is 19.7 Å². The SMILES string of the molecule is Cc1ccc(C)c(S(=O)(=O)N2CCN(C(C)C(=O)NC(C)c3ccc(F)cc3)CC2)c1. The van der Waals surface area contributed by atoms with Gasteiger partial charge in [0, 0.05) is 26.2 Å². The normalized spacial score (nSPS) is 17.8. The lowest BCUT2D eigenvalue weighted by Gasteiger charge is -2.37. The molecule has 1 amide bonds. The van der Waals surface area contributed by atoms with E-state index < -0.39 is 16.1 Å². The zero-order chi connectivity index (χ0) is 22.8. The van der Waals surface area contributed by atoms with Crippen molar-refractivity contribution in [2.24, 2.45) is 0 Å². The molecule has 2 aromatic rings. The Hall–Kier alpha value is -2.29. The van der Waals surface area contributed by atoms with E-state index in [1.807, 2.05) is 37.8 Å². The average Bonchev–Trinajstić information content (AvgIpc) is 2.75. The Morgan fingerprint density at radius 3 is 2.23 bits per heavy atom. The molecule has 0 bridgehead atoms. The third-order valence-corrected chi connectivity index (χ3v) is 7.93. The number of rotatable bonds is 6. The van der Waals surface area contributed by atoms with Crippen molar-refractivity contribution in [2.45, 2.75) is 44.7 Å². The van der Waals surface area contributed by atoms with Crippen LogP contribution in [0.5, 0.6) is 0 Å². The van der Waals surface area contributed by atoms with E-state index in [0.29, 0.717) is 31.1 Å². The third kappa shape index (κ3) is 5.31. The fourth-order valence-corrected chi connectivity index (χ4v) is 5.52. The zero-order valence-corrected chi connectivity index (χ0v) is 19.2. The van der Waals surface area contributed by atoms with Crippen LogP contribution in [0.1, 0.15) is 36.6 Å². The van der Waals surface area contributed by atoms with Gasteiger partial charge >= 0.3 is 0 Å². The largest absolute Gasteiger partial charge is 0.348 e. The number of carbonyl (C=O) groups is 1. The molecule has 0 radical (unpaired) electrons. The number of aryl methyl sites for hydroxylation is 2. The van der Waals surface area contributed by atoms with Gasteiger partial charge in [-0.3, -0.25) is 9.69 Å². The average molecular weight is 448 g/mol. The highest BCUT2D eigenvalue weighted by Crippen LogP contribution is 2.23. The molecule has 1 fully saturated rings. The van der Waals surface area contributed by atoms with Gasteiger partial charge in [0.25, 0.3) is 0 Å². The second-order valence-corrected chi connectivity index (χ2v) is 10.1. The molecular formula is C23H30FN3O3S. The van der Waals surface area contributed by atoms with Gasteiger partial charge in [0.15, 0.2) is 0 Å². The first-order valence-electron chi connectivity index (χ1n) is 10.5. The fourth-order valence-electron chi connectivity index (χ4n) is 3.79. The molecule has 3 rings (SSSR count). The molecule has 31 heavy (non-hydrogen) atoms. The molecule has 1 aliphatic heterocycles. The number of sulfonamides is 1. The Morgan fingerprint density at radius 1 is 1.00 bits per heavy atom. The van der Waals surface area contributed by atoms with Crippen molar-refractivity contribution in [3.05, 3.63) is 65.0 Å². The molecule has 6 nitrogen and oxygen atoms in total. The smallest absolute Gasteiger partial charge is 0.243 e. The van der Waals surface area contributed by atoms with E-state index >= 15 is 0 Å². The molecule has 1 aliphatic rings. The zero-order valence-electron chi connectivity index (χ0n) is 18.4. The summed E-state index contributed by atoms with van der Waals surface area (Å²) in [4.78, 5) is 15.1. The summed E-state index contributed by atoms with van der Waals surface area (Å²) in [6.45, 7) is 8.98. The third-order valence-electron chi connectivity index (χ3n) is 5.89. The van der Waals surface area contributed by atoms with Crippen molar-refractivity contribution >= 4 is 15.9 Å². The summed E-state index contributed by atoms with van der Waals surface area (Å²) >= 11 is 0. The molecule has 0 aliphatic carbocycles. The molecule has 1 saturated heterocycles. The second kappa shape index (κ2) is 9.46. The minimum Gasteiger partial charge on any atom is -0.348 e. The lowest BCUT2D eigenvalue weighted by atomic mass is 10.1. The predicted molar refractivity (Wildman–Crippen MR) is 119 cm³/mol. The van der Waals surface area contributed by atoms with Crippen molar-refractivity contribution < 1.29 is 17.6 Å². The number of piperazine rings is 1. The van der Waals surface area contributed by atoms with Crippen LogP contribution in [0.4, 0.5) is 4.39 Å². The van der Waals surface area contributed by atoms with Crippen molar-refractivity contribution in [1.82, 2.24) is 14.5 Å². The summed E-state index contributed by atoms with van der Waals surface area (Å²) in [5.41, 5.74) is 2.46. The summed E-state index contributed by atoms with van der Waals surface area (Å²) in [5.74, 6) is -0.452. The van der Waals surface area contributed by atoms with Crippen molar-refractivity contribution in [1.29, 1.82) is 0 Å². The Bertz CT molecular complexity index is 1030. The lowest BCUT2D eigenvalue weighted by Crippen LogP contribution is -2.55. The number of nitrogens with one attached hydrogen (secondary N) is 1. The maximum absolute atomic E-state index is 13.1. The summed E-state index contributed by atoms with van der Waals surface area (Å²) in [6, 6.07) is 10.9. The first kappa shape index (κ1) is 23.4. The topological polar surface area (TPSA) is 69.7 Å². The molecule has 0 spiro atoms. The minimum absolute atomic E-state index is 0.136. The maximum atomic E-state index is 13.1. The number of carbonyl (C=O) groups excluding carboxylic acids is 1. The van der Waals surface area contributed by atoms with Crippen LogP contribution in [0.15, 0.2) is 47.4 Å². The van der Waals surface area contributed by atoms with Gasteiger partial charge < -0.3 is 5.32 Å². The van der Waals surface area contributed by atoms with Crippen LogP contribution in [0.2, 0.25) is 0 Å². The van der Waals surface area contributed by atoms with Gasteiger partial charge in [0.2, 0.25) is 15.9 Å². The molecule has 2 atom stereocenters. The van der Waals surface area contributed by atoms with E-state index in [0.717, 1.165) is 16.7 Å². The van der Waals surface area contributed by atoms with Gasteiger partial charge in [-0.1, -0.05) is 24.3 Å². The number of amides is 1. The summed E-state index contributed by atoms with van der Waals surface area (Å²) in [7, 11) is -3.57. The molecule has 1 N–H and O–H groups in total. The molecule has 2 unspecified atom stereocenters. The maximum Gasteiger partial charge on any atom is 0.243 e. The Kier molecular flexibility index (Phi) is 7.13. The number of nitrogens with zero attached hydrogens (tertiary/aromatic N) is 2. The predicted octanol–water partition coefficient (Wildman–Crippen LogP) is 3.01. The highest BCUT2D eigenvalue weighted by atomic mass is 32.2. The van der Waals surface area contributed by atoms with Gasteiger partial charge in [0.05, 0.1) is 17.0 Å². The van der Waals surface area contributed by atoms with E-state index in [9.17, 15) is 17.6 Å². The minimum atomic E-state index is -3.57. The Labute approximate surface area is 184 Å². The first-order valence-corrected chi connectivity index (χ1v) is 11.9. The molecule has 2 aromatic carbocycles. The van der Waals surface area contributed by atoms with E-state index in [1.165, 1.54) is 16.4 Å². The van der Waals surface area contributed by atoms with Crippen LogP contribution in [0.25, 0.3) is 0 Å². The van der Waals surface area contributed by atoms with E-state index in [-0.39, 0.29) is 17.8 Å². The van der Waals surface area contributed by atoms with Crippen LogP contribution in [0.3, 0.4) is 0 Å². The van der Waals surface area contributed by atoms with Crippen molar-refractivity contribution in [3.8, 4) is 0 Å². The van der Waals surface area contributed by atoms with E-state index in [1.54, 1.807) is 25.1 Å². The standard InChI is InChI=1S/C23H30FN3O3S/c1-16-5-6-17(2)22(15-16)31(29,30)27-13-11-26(12-14-27)19(4)23(28)25-18(3)20-7-9-21(24)10-8-20/h5-10,15,18-19H,11-14H2,1-4H3,(H,25,28). The van der Waals surface area contributed by atoms with Crippen LogP contribution in [-0.2, 0) is 14.8 Å². The fraction of sp³-hybridized carbons (Fsp3) is 0.435. The molecule has 8 heteroatoms. The lowest BCUT2D eigenvalue weighted by molar-refractivity contribution is -0.127. The van der Waals surface area contributed by atoms with E-state index in [2.05, 4.69) is 5.32 Å². The van der Waals surface area contributed by atoms with Crippen LogP contribution >= 0.6 is 0 Å². The highest BCUT2D eigenvalue weighted by Gasteiger charge is 2.32. The molecular weight excluding hydrogens is 417 g/mol. The number of halogens is 1. The Balaban J connectivity index is 1.60. The van der Waals surface area contributed by atoms with E-state index in [4.69, 9.17) is 0 Å². The van der Waals surface area contributed by atoms with Crippen LogP contribution in [-0.4, -0.2) is 55.8 Å². The van der Waals surface area contributed by atoms with Crippen molar-refractivity contribution in [3.63, 3.8) is 0 Å². The number of hydrogen-bond donors (Lipinski definition) is 1. The number of hydrogen-bond acceptors (Lipinski definition) is 4. The van der Waals surface area contributed by atoms with Gasteiger partial charge in [-0.05, 0) is 62.6 Å².